The third-order valence-corrected chi connectivity index (χ3v) is 5.06. The van der Waals surface area contributed by atoms with Crippen LogP contribution in [-0.4, -0.2) is 31.1 Å². The van der Waals surface area contributed by atoms with E-state index in [2.05, 4.69) is 0 Å². The second kappa shape index (κ2) is 12.2. The first-order valence-corrected chi connectivity index (χ1v) is 11.2. The Labute approximate surface area is 196 Å². The first-order valence-electron chi connectivity index (χ1n) is 11.2. The zero-order valence-corrected chi connectivity index (χ0v) is 20.1. The van der Waals surface area contributed by atoms with Gasteiger partial charge in [-0.05, 0) is 35.4 Å². The Morgan fingerprint density at radius 3 is 1.91 bits per heavy atom. The summed E-state index contributed by atoms with van der Waals surface area (Å²) in [5.74, 6) is -1.42. The molecule has 1 unspecified atom stereocenters. The molecule has 33 heavy (non-hydrogen) atoms. The van der Waals surface area contributed by atoms with Gasteiger partial charge in [0.15, 0.2) is 0 Å². The molecule has 6 heteroatoms. The largest absolute Gasteiger partial charge is 0.465 e. The maximum Gasteiger partial charge on any atom is 0.339 e. The van der Waals surface area contributed by atoms with Gasteiger partial charge < -0.3 is 14.2 Å². The monoisotopic (exact) mass is 454 g/mol. The summed E-state index contributed by atoms with van der Waals surface area (Å²) in [5.41, 5.74) is 0.874. The molecule has 178 valence electrons. The number of carbonyl (C=O) groups excluding carboxylic acids is 3. The summed E-state index contributed by atoms with van der Waals surface area (Å²) in [4.78, 5) is 37.0. The summed E-state index contributed by atoms with van der Waals surface area (Å²) in [6, 6.07) is 15.8. The molecule has 0 fully saturated rings. The van der Waals surface area contributed by atoms with E-state index in [-0.39, 0.29) is 47.6 Å². The number of benzene rings is 2. The predicted molar refractivity (Wildman–Crippen MR) is 126 cm³/mol. The zero-order chi connectivity index (χ0) is 24.4. The number of esters is 3. The summed E-state index contributed by atoms with van der Waals surface area (Å²) < 4.78 is 16.2. The molecular formula is C27H34O6. The molecule has 1 atom stereocenters. The fourth-order valence-electron chi connectivity index (χ4n) is 3.43. The van der Waals surface area contributed by atoms with Gasteiger partial charge in [-0.1, -0.05) is 77.1 Å². The molecule has 0 bridgehead atoms. The van der Waals surface area contributed by atoms with E-state index in [0.29, 0.717) is 13.0 Å². The Morgan fingerprint density at radius 1 is 0.788 bits per heavy atom. The maximum atomic E-state index is 12.8. The van der Waals surface area contributed by atoms with Gasteiger partial charge in [0.05, 0.1) is 30.3 Å². The van der Waals surface area contributed by atoms with E-state index in [9.17, 15) is 14.4 Å². The Balaban J connectivity index is 1.92. The second-order valence-corrected chi connectivity index (χ2v) is 9.44. The molecule has 2 rings (SSSR count). The van der Waals surface area contributed by atoms with Gasteiger partial charge in [-0.2, -0.15) is 0 Å². The summed E-state index contributed by atoms with van der Waals surface area (Å²) in [6.45, 7) is 10.2. The minimum atomic E-state index is -0.578. The SMILES string of the molecule is CC(COC(=O)C(C)C)CC(C)(C)COC(=O)c1ccccc1C(=O)OCc1ccccc1. The third-order valence-electron chi connectivity index (χ3n) is 5.06. The first kappa shape index (κ1) is 26.1. The highest BCUT2D eigenvalue weighted by molar-refractivity contribution is 6.03. The lowest BCUT2D eigenvalue weighted by Crippen LogP contribution is -2.27. The molecule has 0 N–H and O–H groups in total. The molecule has 6 nitrogen and oxygen atoms in total. The number of carbonyl (C=O) groups is 3. The van der Waals surface area contributed by atoms with Crippen molar-refractivity contribution in [2.45, 2.75) is 47.6 Å². The molecule has 0 saturated heterocycles. The topological polar surface area (TPSA) is 78.9 Å². The lowest BCUT2D eigenvalue weighted by Gasteiger charge is -2.27. The standard InChI is InChI=1S/C27H34O6/c1-19(2)24(28)31-16-20(3)15-27(4,5)18-33-26(30)23-14-10-9-13-22(23)25(29)32-17-21-11-7-6-8-12-21/h6-14,19-20H,15-18H2,1-5H3. The molecular weight excluding hydrogens is 420 g/mol. The molecule has 0 saturated carbocycles. The molecule has 0 heterocycles. The van der Waals surface area contributed by atoms with Gasteiger partial charge >= 0.3 is 17.9 Å². The van der Waals surface area contributed by atoms with Crippen LogP contribution in [0.2, 0.25) is 0 Å². The van der Waals surface area contributed by atoms with Crippen LogP contribution in [0.4, 0.5) is 0 Å². The molecule has 0 radical (unpaired) electrons. The van der Waals surface area contributed by atoms with E-state index in [1.165, 1.54) is 0 Å². The fourth-order valence-corrected chi connectivity index (χ4v) is 3.43. The molecule has 0 spiro atoms. The van der Waals surface area contributed by atoms with Crippen molar-refractivity contribution < 1.29 is 28.6 Å². The van der Waals surface area contributed by atoms with Crippen LogP contribution in [0.15, 0.2) is 54.6 Å². The highest BCUT2D eigenvalue weighted by Crippen LogP contribution is 2.27. The summed E-state index contributed by atoms with van der Waals surface area (Å²) >= 11 is 0. The molecule has 2 aromatic carbocycles. The van der Waals surface area contributed by atoms with Gasteiger partial charge in [0.25, 0.3) is 0 Å². The lowest BCUT2D eigenvalue weighted by molar-refractivity contribution is -0.148. The molecule has 0 aliphatic heterocycles. The van der Waals surface area contributed by atoms with Crippen LogP contribution >= 0.6 is 0 Å². The van der Waals surface area contributed by atoms with Gasteiger partial charge in [-0.25, -0.2) is 9.59 Å². The average molecular weight is 455 g/mol. The van der Waals surface area contributed by atoms with Crippen molar-refractivity contribution in [3.8, 4) is 0 Å². The van der Waals surface area contributed by atoms with E-state index in [4.69, 9.17) is 14.2 Å². The van der Waals surface area contributed by atoms with Crippen molar-refractivity contribution in [3.05, 3.63) is 71.3 Å². The molecule has 0 aliphatic carbocycles. The van der Waals surface area contributed by atoms with Crippen LogP contribution in [-0.2, 0) is 25.6 Å². The van der Waals surface area contributed by atoms with E-state index in [1.54, 1.807) is 38.1 Å². The van der Waals surface area contributed by atoms with Crippen molar-refractivity contribution >= 4 is 17.9 Å². The van der Waals surface area contributed by atoms with Crippen LogP contribution in [0.5, 0.6) is 0 Å². The van der Waals surface area contributed by atoms with Crippen LogP contribution in [0.25, 0.3) is 0 Å². The van der Waals surface area contributed by atoms with Gasteiger partial charge in [0, 0.05) is 0 Å². The summed E-state index contributed by atoms with van der Waals surface area (Å²) in [7, 11) is 0. The molecule has 0 amide bonds. The van der Waals surface area contributed by atoms with Gasteiger partial charge in [-0.15, -0.1) is 0 Å². The number of hydrogen-bond donors (Lipinski definition) is 0. The van der Waals surface area contributed by atoms with Crippen molar-refractivity contribution in [1.29, 1.82) is 0 Å². The number of rotatable bonds is 11. The third kappa shape index (κ3) is 8.72. The maximum absolute atomic E-state index is 12.8. The minimum Gasteiger partial charge on any atom is -0.465 e. The van der Waals surface area contributed by atoms with Crippen LogP contribution < -0.4 is 0 Å². The number of ether oxygens (including phenoxy) is 3. The average Bonchev–Trinajstić information content (AvgIpc) is 2.79. The minimum absolute atomic E-state index is 0.113. The molecule has 0 aliphatic rings. The van der Waals surface area contributed by atoms with Crippen molar-refractivity contribution in [2.24, 2.45) is 17.3 Å². The lowest BCUT2D eigenvalue weighted by atomic mass is 9.84. The van der Waals surface area contributed by atoms with Crippen LogP contribution in [0.1, 0.15) is 67.3 Å². The Hall–Kier alpha value is -3.15. The van der Waals surface area contributed by atoms with E-state index in [0.717, 1.165) is 5.56 Å². The van der Waals surface area contributed by atoms with Crippen molar-refractivity contribution in [2.75, 3.05) is 13.2 Å². The Kier molecular flexibility index (Phi) is 9.64. The fraction of sp³-hybridized carbons (Fsp3) is 0.444. The molecule has 0 aromatic heterocycles. The van der Waals surface area contributed by atoms with Crippen molar-refractivity contribution in [1.82, 2.24) is 0 Å². The summed E-state index contributed by atoms with van der Waals surface area (Å²) in [6.07, 6.45) is 0.701. The van der Waals surface area contributed by atoms with Gasteiger partial charge in [-0.3, -0.25) is 4.79 Å². The normalized spacial score (nSPS) is 12.2. The summed E-state index contributed by atoms with van der Waals surface area (Å²) in [5, 5.41) is 0. The van der Waals surface area contributed by atoms with E-state index < -0.39 is 11.9 Å². The van der Waals surface area contributed by atoms with Crippen LogP contribution in [0.3, 0.4) is 0 Å². The van der Waals surface area contributed by atoms with Crippen molar-refractivity contribution in [3.63, 3.8) is 0 Å². The first-order chi connectivity index (χ1) is 15.6. The zero-order valence-electron chi connectivity index (χ0n) is 20.1. The molecule has 2 aromatic rings. The predicted octanol–water partition coefficient (Wildman–Crippen LogP) is 5.45. The van der Waals surface area contributed by atoms with E-state index >= 15 is 0 Å². The Morgan fingerprint density at radius 2 is 1.33 bits per heavy atom. The quantitative estimate of drug-likeness (QED) is 0.332. The highest BCUT2D eigenvalue weighted by Gasteiger charge is 2.26. The Bertz CT molecular complexity index is 933. The van der Waals surface area contributed by atoms with E-state index in [1.807, 2.05) is 51.1 Å². The number of hydrogen-bond acceptors (Lipinski definition) is 6. The van der Waals surface area contributed by atoms with Crippen LogP contribution in [0, 0.1) is 17.3 Å². The smallest absolute Gasteiger partial charge is 0.339 e. The highest BCUT2D eigenvalue weighted by atomic mass is 16.5. The van der Waals surface area contributed by atoms with Gasteiger partial charge in [0.1, 0.15) is 6.61 Å². The van der Waals surface area contributed by atoms with Gasteiger partial charge in [0.2, 0.25) is 0 Å². The second-order valence-electron chi connectivity index (χ2n) is 9.44.